The minimum atomic E-state index is 0.339. The molecule has 1 aliphatic rings. The number of nitrogens with one attached hydrogen (secondary N) is 1. The highest BCUT2D eigenvalue weighted by molar-refractivity contribution is 8.06. The average Bonchev–Trinajstić information content (AvgIpc) is 3.43. The van der Waals surface area contributed by atoms with Crippen LogP contribution in [0.25, 0.3) is 0 Å². The number of rotatable bonds is 9. The molecule has 0 radical (unpaired) electrons. The van der Waals surface area contributed by atoms with Crippen molar-refractivity contribution >= 4 is 17.5 Å². The normalized spacial score (nSPS) is 15.9. The number of aryl methyl sites for hydroxylation is 1. The first-order chi connectivity index (χ1) is 13.3. The minimum absolute atomic E-state index is 0.339. The van der Waals surface area contributed by atoms with Gasteiger partial charge in [-0.15, -0.1) is 0 Å². The zero-order valence-electron chi connectivity index (χ0n) is 17.3. The lowest BCUT2D eigenvalue weighted by atomic mass is 10.1. The summed E-state index contributed by atoms with van der Waals surface area (Å²) in [4.78, 5) is 9.00. The van der Waals surface area contributed by atoms with Gasteiger partial charge in [0.05, 0.1) is 22.0 Å². The van der Waals surface area contributed by atoms with Crippen LogP contribution >= 0.6 is 11.8 Å². The Morgan fingerprint density at radius 1 is 1.29 bits per heavy atom. The van der Waals surface area contributed by atoms with Crippen LogP contribution in [-0.4, -0.2) is 15.8 Å². The van der Waals surface area contributed by atoms with Crippen LogP contribution < -0.4 is 0 Å². The summed E-state index contributed by atoms with van der Waals surface area (Å²) in [6.07, 6.45) is 11.9. The number of aromatic hydroxyl groups is 1. The van der Waals surface area contributed by atoms with Crippen LogP contribution in [0.4, 0.5) is 0 Å². The third-order valence-electron chi connectivity index (χ3n) is 4.65. The largest absolute Gasteiger partial charge is 0.505 e. The third kappa shape index (κ3) is 5.52. The molecule has 0 aromatic carbocycles. The molecule has 0 amide bonds. The number of hydrogen-bond donors (Lipinski definition) is 2. The maximum Gasteiger partial charge on any atom is 0.145 e. The minimum Gasteiger partial charge on any atom is -0.505 e. The van der Waals surface area contributed by atoms with Crippen molar-refractivity contribution in [3.05, 3.63) is 88.1 Å². The van der Waals surface area contributed by atoms with E-state index in [2.05, 4.69) is 35.8 Å². The van der Waals surface area contributed by atoms with Crippen LogP contribution in [0.3, 0.4) is 0 Å². The molecule has 1 heterocycles. The first-order valence-corrected chi connectivity index (χ1v) is 10.3. The Hall–Kier alpha value is -2.46. The molecular formula is C24H30N2OS. The van der Waals surface area contributed by atoms with Crippen molar-refractivity contribution in [1.29, 1.82) is 0 Å². The van der Waals surface area contributed by atoms with Crippen molar-refractivity contribution in [2.45, 2.75) is 46.5 Å². The lowest BCUT2D eigenvalue weighted by molar-refractivity contribution is 0.467. The molecule has 148 valence electrons. The van der Waals surface area contributed by atoms with E-state index in [0.717, 1.165) is 51.6 Å². The van der Waals surface area contributed by atoms with E-state index < -0.39 is 0 Å². The second kappa shape index (κ2) is 9.65. The standard InChI is InChI=1S/C24H30N2OS/c1-8-10-11-15(3)16(4)14-21(9-2)28-19(7)25-17(5)22-18(6)26-23(24(22)27)20-12-13-20/h8-11,14,20,26-27H,1,3,7,12-13H2,2,4-6H3/b11-10-,16-14-,21-9+,25-17-. The fourth-order valence-corrected chi connectivity index (χ4v) is 3.75. The Labute approximate surface area is 173 Å². The van der Waals surface area contributed by atoms with Crippen molar-refractivity contribution in [1.82, 2.24) is 4.98 Å². The fraction of sp³-hybridized carbons (Fsp3) is 0.292. The molecule has 2 rings (SSSR count). The predicted octanol–water partition coefficient (Wildman–Crippen LogP) is 7.07. The molecule has 1 aromatic heterocycles. The second-order valence-electron chi connectivity index (χ2n) is 6.99. The molecule has 1 aromatic rings. The smallest absolute Gasteiger partial charge is 0.145 e. The van der Waals surface area contributed by atoms with Crippen molar-refractivity contribution in [3.63, 3.8) is 0 Å². The number of H-pyrrole nitrogens is 1. The van der Waals surface area contributed by atoms with Gasteiger partial charge in [-0.05, 0) is 57.8 Å². The second-order valence-corrected chi connectivity index (χ2v) is 8.14. The first-order valence-electron chi connectivity index (χ1n) is 9.45. The topological polar surface area (TPSA) is 48.4 Å². The predicted molar refractivity (Wildman–Crippen MR) is 124 cm³/mol. The number of aromatic nitrogens is 1. The van der Waals surface area contributed by atoms with Crippen molar-refractivity contribution in [2.75, 3.05) is 0 Å². The molecule has 2 N–H and O–H groups in total. The molecule has 1 fully saturated rings. The fourth-order valence-electron chi connectivity index (χ4n) is 2.94. The molecule has 28 heavy (non-hydrogen) atoms. The molecule has 0 aliphatic heterocycles. The molecule has 0 spiro atoms. The first kappa shape index (κ1) is 21.8. The number of aliphatic imine (C=N–C) groups is 1. The summed E-state index contributed by atoms with van der Waals surface area (Å²) >= 11 is 1.50. The van der Waals surface area contributed by atoms with Crippen LogP contribution in [-0.2, 0) is 0 Å². The van der Waals surface area contributed by atoms with Gasteiger partial charge >= 0.3 is 0 Å². The molecule has 0 bridgehead atoms. The summed E-state index contributed by atoms with van der Waals surface area (Å²) < 4.78 is 0. The van der Waals surface area contributed by atoms with Crippen LogP contribution in [0.1, 0.15) is 56.5 Å². The van der Waals surface area contributed by atoms with E-state index in [4.69, 9.17) is 0 Å². The van der Waals surface area contributed by atoms with E-state index in [9.17, 15) is 5.11 Å². The summed E-state index contributed by atoms with van der Waals surface area (Å²) in [5, 5.41) is 11.3. The van der Waals surface area contributed by atoms with Gasteiger partial charge in [0.2, 0.25) is 0 Å². The van der Waals surface area contributed by atoms with Gasteiger partial charge in [-0.1, -0.05) is 55.8 Å². The highest BCUT2D eigenvalue weighted by Gasteiger charge is 2.30. The Kier molecular flexibility index (Phi) is 7.53. The van der Waals surface area contributed by atoms with E-state index >= 15 is 0 Å². The summed E-state index contributed by atoms with van der Waals surface area (Å²) in [7, 11) is 0. The zero-order valence-corrected chi connectivity index (χ0v) is 18.1. The quantitative estimate of drug-likeness (QED) is 0.347. The van der Waals surface area contributed by atoms with Crippen LogP contribution in [0.15, 0.2) is 76.2 Å². The van der Waals surface area contributed by atoms with Gasteiger partial charge in [0.25, 0.3) is 0 Å². The molecule has 4 heteroatoms. The van der Waals surface area contributed by atoms with Gasteiger partial charge in [-0.25, -0.2) is 4.99 Å². The van der Waals surface area contributed by atoms with Crippen molar-refractivity contribution in [3.8, 4) is 5.75 Å². The van der Waals surface area contributed by atoms with Crippen LogP contribution in [0.2, 0.25) is 0 Å². The maximum atomic E-state index is 10.6. The zero-order chi connectivity index (χ0) is 20.8. The van der Waals surface area contributed by atoms with E-state index in [1.807, 2.05) is 45.9 Å². The Bertz CT molecular complexity index is 905. The van der Waals surface area contributed by atoms with E-state index in [1.165, 1.54) is 11.8 Å². The van der Waals surface area contributed by atoms with Crippen LogP contribution in [0.5, 0.6) is 5.75 Å². The van der Waals surface area contributed by atoms with Gasteiger partial charge in [0, 0.05) is 16.5 Å². The monoisotopic (exact) mass is 394 g/mol. The molecular weight excluding hydrogens is 364 g/mol. The molecule has 0 atom stereocenters. The lowest BCUT2D eigenvalue weighted by Gasteiger charge is -2.07. The number of nitrogens with zero attached hydrogens (tertiary/aromatic N) is 1. The number of aromatic amines is 1. The van der Waals surface area contributed by atoms with Gasteiger partial charge in [-0.3, -0.25) is 0 Å². The van der Waals surface area contributed by atoms with Crippen LogP contribution in [0, 0.1) is 6.92 Å². The van der Waals surface area contributed by atoms with E-state index in [-0.39, 0.29) is 0 Å². The Morgan fingerprint density at radius 2 is 1.96 bits per heavy atom. The molecule has 1 aliphatic carbocycles. The molecule has 0 saturated heterocycles. The number of hydrogen-bond acceptors (Lipinski definition) is 3. The number of thioether (sulfide) groups is 1. The molecule has 0 unspecified atom stereocenters. The van der Waals surface area contributed by atoms with Gasteiger partial charge < -0.3 is 10.1 Å². The van der Waals surface area contributed by atoms with Gasteiger partial charge in [0.15, 0.2) is 0 Å². The lowest BCUT2D eigenvalue weighted by Crippen LogP contribution is -1.96. The Balaban J connectivity index is 2.14. The summed E-state index contributed by atoms with van der Waals surface area (Å²) in [5.74, 6) is 0.801. The van der Waals surface area contributed by atoms with Crippen molar-refractivity contribution < 1.29 is 5.11 Å². The highest BCUT2D eigenvalue weighted by Crippen LogP contribution is 2.45. The SMILES string of the molecule is C=C/C=C\C(=C)/C(C)=C\C(=C/C)SC(=C)/N=C(/C)c1c(C)[nH]c(C2CC2)c1O. The number of allylic oxidation sites excluding steroid dienone is 7. The summed E-state index contributed by atoms with van der Waals surface area (Å²) in [5.41, 5.74) is 5.46. The highest BCUT2D eigenvalue weighted by atomic mass is 32.2. The van der Waals surface area contributed by atoms with Gasteiger partial charge in [0.1, 0.15) is 5.75 Å². The maximum absolute atomic E-state index is 10.6. The summed E-state index contributed by atoms with van der Waals surface area (Å²) in [6.45, 7) is 19.7. The third-order valence-corrected chi connectivity index (χ3v) is 5.56. The average molecular weight is 395 g/mol. The Morgan fingerprint density at radius 3 is 2.54 bits per heavy atom. The van der Waals surface area contributed by atoms with E-state index in [1.54, 1.807) is 6.08 Å². The molecule has 1 saturated carbocycles. The molecule has 3 nitrogen and oxygen atoms in total. The summed E-state index contributed by atoms with van der Waals surface area (Å²) in [6, 6.07) is 0. The van der Waals surface area contributed by atoms with Crippen molar-refractivity contribution in [2.24, 2.45) is 4.99 Å². The van der Waals surface area contributed by atoms with E-state index in [0.29, 0.717) is 16.7 Å². The van der Waals surface area contributed by atoms with Gasteiger partial charge in [-0.2, -0.15) is 0 Å².